The molecule has 1 amide bonds. The largest absolute Gasteiger partial charge is 0.467 e. The Morgan fingerprint density at radius 1 is 1.03 bits per heavy atom. The number of hydrogen-bond donors (Lipinski definition) is 2. The van der Waals surface area contributed by atoms with E-state index in [1.807, 2.05) is 36.4 Å². The normalized spacial score (nSPS) is 12.1. The van der Waals surface area contributed by atoms with Crippen molar-refractivity contribution in [1.82, 2.24) is 10.0 Å². The first-order valence-corrected chi connectivity index (χ1v) is 10.4. The van der Waals surface area contributed by atoms with Gasteiger partial charge in [-0.3, -0.25) is 4.79 Å². The second-order valence-electron chi connectivity index (χ2n) is 6.16. The van der Waals surface area contributed by atoms with Crippen LogP contribution in [-0.2, 0) is 10.0 Å². The van der Waals surface area contributed by atoms with Crippen LogP contribution in [0.2, 0.25) is 0 Å². The Labute approximate surface area is 169 Å². The van der Waals surface area contributed by atoms with Gasteiger partial charge in [0.2, 0.25) is 10.0 Å². The highest BCUT2D eigenvalue weighted by Crippen LogP contribution is 2.23. The number of sulfonamides is 1. The minimum Gasteiger partial charge on any atom is -0.467 e. The first-order valence-electron chi connectivity index (χ1n) is 8.87. The SMILES string of the molecule is N#CCCNS(=O)(=O)c1ccc(C(=O)NC(c2ccccc2)c2ccco2)cc1. The van der Waals surface area contributed by atoms with Gasteiger partial charge in [0, 0.05) is 18.5 Å². The van der Waals surface area contributed by atoms with Gasteiger partial charge < -0.3 is 9.73 Å². The van der Waals surface area contributed by atoms with Crippen molar-refractivity contribution in [2.45, 2.75) is 17.4 Å². The Morgan fingerprint density at radius 3 is 2.38 bits per heavy atom. The van der Waals surface area contributed by atoms with Gasteiger partial charge in [-0.1, -0.05) is 30.3 Å². The summed E-state index contributed by atoms with van der Waals surface area (Å²) in [5, 5.41) is 11.4. The molecule has 1 unspecified atom stereocenters. The van der Waals surface area contributed by atoms with Gasteiger partial charge >= 0.3 is 0 Å². The van der Waals surface area contributed by atoms with Crippen molar-refractivity contribution in [2.75, 3.05) is 6.54 Å². The number of hydrogen-bond acceptors (Lipinski definition) is 5. The highest BCUT2D eigenvalue weighted by molar-refractivity contribution is 7.89. The van der Waals surface area contributed by atoms with Crippen LogP contribution >= 0.6 is 0 Å². The van der Waals surface area contributed by atoms with Crippen molar-refractivity contribution in [2.24, 2.45) is 0 Å². The van der Waals surface area contributed by atoms with Gasteiger partial charge in [0.1, 0.15) is 11.8 Å². The summed E-state index contributed by atoms with van der Waals surface area (Å²) in [4.78, 5) is 12.8. The van der Waals surface area contributed by atoms with Crippen molar-refractivity contribution >= 4 is 15.9 Å². The van der Waals surface area contributed by atoms with Crippen molar-refractivity contribution < 1.29 is 17.6 Å². The molecule has 3 aromatic rings. The molecule has 148 valence electrons. The molecule has 1 aromatic heterocycles. The second-order valence-corrected chi connectivity index (χ2v) is 7.93. The number of benzene rings is 2. The third-order valence-electron chi connectivity index (χ3n) is 4.19. The third kappa shape index (κ3) is 5.10. The van der Waals surface area contributed by atoms with Crippen LogP contribution in [0.1, 0.15) is 34.1 Å². The summed E-state index contributed by atoms with van der Waals surface area (Å²) >= 11 is 0. The predicted octanol–water partition coefficient (Wildman–Crippen LogP) is 2.99. The molecule has 0 fully saturated rings. The molecule has 2 N–H and O–H groups in total. The second kappa shape index (κ2) is 9.19. The minimum absolute atomic E-state index is 0.0256. The van der Waals surface area contributed by atoms with Gasteiger partial charge in [-0.05, 0) is 42.0 Å². The van der Waals surface area contributed by atoms with Gasteiger partial charge in [-0.2, -0.15) is 5.26 Å². The third-order valence-corrected chi connectivity index (χ3v) is 5.67. The summed E-state index contributed by atoms with van der Waals surface area (Å²) in [5.41, 5.74) is 1.17. The van der Waals surface area contributed by atoms with E-state index in [1.165, 1.54) is 30.5 Å². The number of nitrogens with zero attached hydrogens (tertiary/aromatic N) is 1. The molecule has 1 heterocycles. The smallest absolute Gasteiger partial charge is 0.252 e. The van der Waals surface area contributed by atoms with Gasteiger partial charge in [-0.15, -0.1) is 0 Å². The van der Waals surface area contributed by atoms with E-state index in [2.05, 4.69) is 10.0 Å². The molecule has 7 nitrogen and oxygen atoms in total. The molecule has 3 rings (SSSR count). The van der Waals surface area contributed by atoms with Crippen molar-refractivity contribution in [3.8, 4) is 6.07 Å². The Bertz CT molecular complexity index is 1090. The van der Waals surface area contributed by atoms with Crippen LogP contribution in [0.15, 0.2) is 82.3 Å². The van der Waals surface area contributed by atoms with Crippen molar-refractivity contribution in [3.05, 3.63) is 89.9 Å². The lowest BCUT2D eigenvalue weighted by Gasteiger charge is -2.17. The Morgan fingerprint density at radius 2 is 1.76 bits per heavy atom. The number of nitrogens with one attached hydrogen (secondary N) is 2. The topological polar surface area (TPSA) is 112 Å². The molecule has 0 saturated carbocycles. The van der Waals surface area contributed by atoms with Gasteiger partial charge in [0.25, 0.3) is 5.91 Å². The van der Waals surface area contributed by atoms with Gasteiger partial charge in [0.05, 0.1) is 17.2 Å². The zero-order valence-corrected chi connectivity index (χ0v) is 16.2. The van der Waals surface area contributed by atoms with E-state index >= 15 is 0 Å². The van der Waals surface area contributed by atoms with Crippen molar-refractivity contribution in [3.63, 3.8) is 0 Å². The van der Waals surface area contributed by atoms with E-state index in [0.717, 1.165) is 5.56 Å². The van der Waals surface area contributed by atoms with Crippen LogP contribution < -0.4 is 10.0 Å². The first-order chi connectivity index (χ1) is 14.0. The monoisotopic (exact) mass is 409 g/mol. The van der Waals surface area contributed by atoms with Crippen LogP contribution in [-0.4, -0.2) is 20.9 Å². The zero-order valence-electron chi connectivity index (χ0n) is 15.4. The molecular formula is C21H19N3O4S. The molecule has 0 saturated heterocycles. The lowest BCUT2D eigenvalue weighted by molar-refractivity contribution is 0.0939. The Hall–Kier alpha value is -3.41. The quantitative estimate of drug-likeness (QED) is 0.556. The summed E-state index contributed by atoms with van der Waals surface area (Å²) in [6.07, 6.45) is 1.61. The summed E-state index contributed by atoms with van der Waals surface area (Å²) in [6.45, 7) is 0.0307. The fraction of sp³-hybridized carbons (Fsp3) is 0.143. The molecule has 0 aliphatic carbocycles. The number of nitriles is 1. The maximum absolute atomic E-state index is 12.7. The molecule has 2 aromatic carbocycles. The molecule has 8 heteroatoms. The maximum Gasteiger partial charge on any atom is 0.252 e. The molecule has 1 atom stereocenters. The molecule has 0 radical (unpaired) electrons. The Balaban J connectivity index is 1.77. The fourth-order valence-corrected chi connectivity index (χ4v) is 3.78. The molecule has 29 heavy (non-hydrogen) atoms. The molecule has 0 aliphatic heterocycles. The number of carbonyl (C=O) groups excluding carboxylic acids is 1. The maximum atomic E-state index is 12.7. The minimum atomic E-state index is -3.72. The van der Waals surface area contributed by atoms with Crippen LogP contribution in [0.25, 0.3) is 0 Å². The Kier molecular flexibility index (Phi) is 6.44. The average molecular weight is 409 g/mol. The van der Waals surface area contributed by atoms with E-state index in [0.29, 0.717) is 11.3 Å². The van der Waals surface area contributed by atoms with E-state index < -0.39 is 16.1 Å². The standard InChI is InChI=1S/C21H19N3O4S/c22-13-5-14-23-29(26,27)18-11-9-17(10-12-18)21(25)24-20(19-8-4-15-28-19)16-6-2-1-3-7-16/h1-4,6-12,15,20,23H,5,14H2,(H,24,25). The summed E-state index contributed by atoms with van der Waals surface area (Å²) in [6, 6.07) is 19.9. The van der Waals surface area contributed by atoms with Crippen LogP contribution in [0.5, 0.6) is 0 Å². The highest BCUT2D eigenvalue weighted by Gasteiger charge is 2.21. The number of furan rings is 1. The van der Waals surface area contributed by atoms with E-state index in [1.54, 1.807) is 12.1 Å². The average Bonchev–Trinajstić information content (AvgIpc) is 3.27. The van der Waals surface area contributed by atoms with Crippen molar-refractivity contribution in [1.29, 1.82) is 5.26 Å². The zero-order chi connectivity index (χ0) is 20.7. The van der Waals surface area contributed by atoms with Gasteiger partial charge in [-0.25, -0.2) is 13.1 Å². The van der Waals surface area contributed by atoms with E-state index in [-0.39, 0.29) is 23.8 Å². The van der Waals surface area contributed by atoms with E-state index in [9.17, 15) is 13.2 Å². The molecule has 0 spiro atoms. The van der Waals surface area contributed by atoms with Crippen LogP contribution in [0, 0.1) is 11.3 Å². The number of rotatable bonds is 8. The lowest BCUT2D eigenvalue weighted by Crippen LogP contribution is -2.29. The molecule has 0 aliphatic rings. The fourth-order valence-electron chi connectivity index (χ4n) is 2.74. The summed E-state index contributed by atoms with van der Waals surface area (Å²) in [7, 11) is -3.72. The molecular weight excluding hydrogens is 390 g/mol. The first kappa shape index (κ1) is 20.3. The van der Waals surface area contributed by atoms with Gasteiger partial charge in [0.15, 0.2) is 0 Å². The van der Waals surface area contributed by atoms with Crippen LogP contribution in [0.4, 0.5) is 0 Å². The highest BCUT2D eigenvalue weighted by atomic mass is 32.2. The number of carbonyl (C=O) groups is 1. The number of amides is 1. The summed E-state index contributed by atoms with van der Waals surface area (Å²) in [5.74, 6) is 0.224. The predicted molar refractivity (Wildman–Crippen MR) is 106 cm³/mol. The lowest BCUT2D eigenvalue weighted by atomic mass is 10.0. The van der Waals surface area contributed by atoms with Crippen LogP contribution in [0.3, 0.4) is 0 Å². The molecule has 0 bridgehead atoms. The van der Waals surface area contributed by atoms with E-state index in [4.69, 9.17) is 9.68 Å². The summed E-state index contributed by atoms with van der Waals surface area (Å²) < 4.78 is 32.2.